The molecule has 0 aliphatic carbocycles. The minimum absolute atomic E-state index is 0.304. The molecule has 1 aliphatic heterocycles. The second-order valence-electron chi connectivity index (χ2n) is 7.29. The van der Waals surface area contributed by atoms with Crippen molar-refractivity contribution in [3.05, 3.63) is 101 Å². The van der Waals surface area contributed by atoms with E-state index in [0.29, 0.717) is 17.0 Å². The van der Waals surface area contributed by atoms with Gasteiger partial charge in [-0.2, -0.15) is 0 Å². The summed E-state index contributed by atoms with van der Waals surface area (Å²) in [7, 11) is 0. The van der Waals surface area contributed by atoms with Gasteiger partial charge in [-0.05, 0) is 55.2 Å². The number of nitrogens with zero attached hydrogens (tertiary/aromatic N) is 1. The first-order valence-electron chi connectivity index (χ1n) is 9.56. The molecule has 4 heteroatoms. The molecule has 3 aromatic rings. The van der Waals surface area contributed by atoms with Crippen LogP contribution in [-0.2, 0) is 9.59 Å². The summed E-state index contributed by atoms with van der Waals surface area (Å²) in [5, 5.41) is 3.27. The minimum Gasteiger partial charge on any atom is -0.350 e. The van der Waals surface area contributed by atoms with E-state index in [1.165, 1.54) is 4.90 Å². The van der Waals surface area contributed by atoms with E-state index in [1.807, 2.05) is 87.5 Å². The third-order valence-corrected chi connectivity index (χ3v) is 5.16. The highest BCUT2D eigenvalue weighted by Gasteiger charge is 2.40. The lowest BCUT2D eigenvalue weighted by molar-refractivity contribution is -0.120. The van der Waals surface area contributed by atoms with Crippen LogP contribution in [0.1, 0.15) is 22.3 Å². The predicted octanol–water partition coefficient (Wildman–Crippen LogP) is 5.01. The lowest BCUT2D eigenvalue weighted by Crippen LogP contribution is -2.33. The molecule has 0 bridgehead atoms. The van der Waals surface area contributed by atoms with Crippen LogP contribution < -0.4 is 10.2 Å². The van der Waals surface area contributed by atoms with Crippen molar-refractivity contribution in [1.29, 1.82) is 0 Å². The number of benzene rings is 3. The molecule has 0 fully saturated rings. The number of anilines is 2. The first-order chi connectivity index (χ1) is 14.0. The van der Waals surface area contributed by atoms with Crippen molar-refractivity contribution in [1.82, 2.24) is 0 Å². The molecule has 2 amide bonds. The van der Waals surface area contributed by atoms with E-state index < -0.39 is 0 Å². The Kier molecular flexibility index (Phi) is 4.77. The van der Waals surface area contributed by atoms with Crippen LogP contribution >= 0.6 is 0 Å². The highest BCUT2D eigenvalue weighted by Crippen LogP contribution is 2.35. The Hall–Kier alpha value is -3.66. The van der Waals surface area contributed by atoms with Crippen LogP contribution in [0.25, 0.3) is 5.57 Å². The standard InChI is InChI=1S/C25H22N2O2/c1-16-13-14-17(2)20(15-16)26-23-22(19-10-5-4-6-11-19)24(28)27(25(23)29)21-12-8-7-9-18(21)3/h4-15,26H,1-3H3. The third-order valence-electron chi connectivity index (χ3n) is 5.16. The number of carbonyl (C=O) groups excluding carboxylic acids is 2. The Morgan fingerprint density at radius 1 is 0.724 bits per heavy atom. The maximum Gasteiger partial charge on any atom is 0.282 e. The lowest BCUT2D eigenvalue weighted by atomic mass is 10.0. The molecule has 0 saturated carbocycles. The van der Waals surface area contributed by atoms with Gasteiger partial charge in [0.05, 0.1) is 11.3 Å². The number of para-hydroxylation sites is 1. The van der Waals surface area contributed by atoms with Crippen molar-refractivity contribution in [3.8, 4) is 0 Å². The van der Waals surface area contributed by atoms with Gasteiger partial charge in [-0.25, -0.2) is 4.90 Å². The lowest BCUT2D eigenvalue weighted by Gasteiger charge is -2.18. The number of nitrogens with one attached hydrogen (secondary N) is 1. The summed E-state index contributed by atoms with van der Waals surface area (Å²) in [5.74, 6) is -0.660. The largest absolute Gasteiger partial charge is 0.350 e. The van der Waals surface area contributed by atoms with Crippen LogP contribution in [0.2, 0.25) is 0 Å². The summed E-state index contributed by atoms with van der Waals surface area (Å²) in [6.07, 6.45) is 0. The van der Waals surface area contributed by atoms with Gasteiger partial charge in [-0.15, -0.1) is 0 Å². The first kappa shape index (κ1) is 18.7. The Morgan fingerprint density at radius 3 is 2.14 bits per heavy atom. The van der Waals surface area contributed by atoms with Crippen molar-refractivity contribution in [3.63, 3.8) is 0 Å². The van der Waals surface area contributed by atoms with Gasteiger partial charge in [0.15, 0.2) is 0 Å². The van der Waals surface area contributed by atoms with Crippen LogP contribution in [0.4, 0.5) is 11.4 Å². The van der Waals surface area contributed by atoms with E-state index in [4.69, 9.17) is 0 Å². The van der Waals surface area contributed by atoms with Crippen LogP contribution in [0.5, 0.6) is 0 Å². The van der Waals surface area contributed by atoms with E-state index in [2.05, 4.69) is 5.32 Å². The second kappa shape index (κ2) is 7.40. The summed E-state index contributed by atoms with van der Waals surface area (Å²) >= 11 is 0. The van der Waals surface area contributed by atoms with Gasteiger partial charge in [-0.1, -0.05) is 60.7 Å². The van der Waals surface area contributed by atoms with Gasteiger partial charge in [0.1, 0.15) is 5.70 Å². The van der Waals surface area contributed by atoms with Crippen LogP contribution in [0.15, 0.2) is 78.5 Å². The Balaban J connectivity index is 1.86. The average molecular weight is 382 g/mol. The number of hydrogen-bond donors (Lipinski definition) is 1. The maximum absolute atomic E-state index is 13.4. The van der Waals surface area contributed by atoms with E-state index in [9.17, 15) is 9.59 Å². The highest BCUT2D eigenvalue weighted by atomic mass is 16.2. The molecular weight excluding hydrogens is 360 g/mol. The minimum atomic E-state index is -0.343. The molecule has 0 atom stereocenters. The molecule has 0 saturated heterocycles. The zero-order valence-electron chi connectivity index (χ0n) is 16.7. The van der Waals surface area contributed by atoms with Crippen LogP contribution in [0, 0.1) is 20.8 Å². The summed E-state index contributed by atoms with van der Waals surface area (Å²) in [5.41, 5.74) is 5.79. The van der Waals surface area contributed by atoms with Crippen molar-refractivity contribution < 1.29 is 9.59 Å². The summed E-state index contributed by atoms with van der Waals surface area (Å²) < 4.78 is 0. The zero-order valence-corrected chi connectivity index (χ0v) is 16.7. The van der Waals surface area contributed by atoms with Crippen LogP contribution in [-0.4, -0.2) is 11.8 Å². The first-order valence-corrected chi connectivity index (χ1v) is 9.56. The average Bonchev–Trinajstić information content (AvgIpc) is 2.96. The topological polar surface area (TPSA) is 49.4 Å². The smallest absolute Gasteiger partial charge is 0.282 e. The normalized spacial score (nSPS) is 14.0. The number of hydrogen-bond acceptors (Lipinski definition) is 3. The monoisotopic (exact) mass is 382 g/mol. The van der Waals surface area contributed by atoms with E-state index >= 15 is 0 Å². The summed E-state index contributed by atoms with van der Waals surface area (Å²) in [6, 6.07) is 22.8. The number of rotatable bonds is 4. The molecule has 1 heterocycles. The van der Waals surface area contributed by atoms with Crippen molar-refractivity contribution in [2.45, 2.75) is 20.8 Å². The van der Waals surface area contributed by atoms with Crippen molar-refractivity contribution in [2.24, 2.45) is 0 Å². The quantitative estimate of drug-likeness (QED) is 0.646. The van der Waals surface area contributed by atoms with Crippen molar-refractivity contribution >= 4 is 28.8 Å². The predicted molar refractivity (Wildman–Crippen MR) is 117 cm³/mol. The molecule has 0 radical (unpaired) electrons. The van der Waals surface area contributed by atoms with Gasteiger partial charge >= 0.3 is 0 Å². The Bertz CT molecular complexity index is 1150. The number of carbonyl (C=O) groups is 2. The van der Waals surface area contributed by atoms with Gasteiger partial charge in [0.2, 0.25) is 0 Å². The summed E-state index contributed by atoms with van der Waals surface area (Å²) in [6.45, 7) is 5.87. The van der Waals surface area contributed by atoms with Gasteiger partial charge in [-0.3, -0.25) is 9.59 Å². The fourth-order valence-electron chi connectivity index (χ4n) is 3.56. The van der Waals surface area contributed by atoms with E-state index in [1.54, 1.807) is 6.07 Å². The molecule has 4 nitrogen and oxygen atoms in total. The molecule has 0 spiro atoms. The second-order valence-corrected chi connectivity index (χ2v) is 7.29. The molecule has 0 unspecified atom stereocenters. The molecule has 1 aliphatic rings. The fourth-order valence-corrected chi connectivity index (χ4v) is 3.56. The molecule has 0 aromatic heterocycles. The van der Waals surface area contributed by atoms with Crippen molar-refractivity contribution in [2.75, 3.05) is 10.2 Å². The SMILES string of the molecule is Cc1ccc(C)c(NC2=C(c3ccccc3)C(=O)N(c3ccccc3C)C2=O)c1. The zero-order chi connectivity index (χ0) is 20.5. The molecule has 1 N–H and O–H groups in total. The fraction of sp³-hybridized carbons (Fsp3) is 0.120. The van der Waals surface area contributed by atoms with E-state index in [-0.39, 0.29) is 11.8 Å². The molecule has 29 heavy (non-hydrogen) atoms. The number of amides is 2. The number of aryl methyl sites for hydroxylation is 3. The van der Waals surface area contributed by atoms with Gasteiger partial charge < -0.3 is 5.32 Å². The van der Waals surface area contributed by atoms with Crippen LogP contribution in [0.3, 0.4) is 0 Å². The molecule has 4 rings (SSSR count). The summed E-state index contributed by atoms with van der Waals surface area (Å²) in [4.78, 5) is 28.1. The molecule has 144 valence electrons. The number of imide groups is 1. The van der Waals surface area contributed by atoms with Gasteiger partial charge in [0.25, 0.3) is 11.8 Å². The Morgan fingerprint density at radius 2 is 1.41 bits per heavy atom. The highest BCUT2D eigenvalue weighted by molar-refractivity contribution is 6.46. The maximum atomic E-state index is 13.4. The van der Waals surface area contributed by atoms with E-state index in [0.717, 1.165) is 27.9 Å². The molecular formula is C25H22N2O2. The molecule has 3 aromatic carbocycles. The van der Waals surface area contributed by atoms with Gasteiger partial charge in [0, 0.05) is 5.69 Å². The Labute approximate surface area is 170 Å². The third kappa shape index (κ3) is 3.34.